The van der Waals surface area contributed by atoms with Crippen LogP contribution in [-0.4, -0.2) is 17.9 Å². The molecular weight excluding hydrogens is 256 g/mol. The second-order valence-electron chi connectivity index (χ2n) is 4.72. The van der Waals surface area contributed by atoms with Crippen LogP contribution < -0.4 is 10.6 Å². The van der Waals surface area contributed by atoms with Gasteiger partial charge in [0.1, 0.15) is 0 Å². The Morgan fingerprint density at radius 2 is 1.85 bits per heavy atom. The first kappa shape index (κ1) is 12.5. The van der Waals surface area contributed by atoms with Crippen LogP contribution in [0.3, 0.4) is 0 Å². The molecule has 1 heterocycles. The number of anilines is 1. The first-order valence-corrected chi connectivity index (χ1v) is 6.49. The molecule has 1 aliphatic rings. The van der Waals surface area contributed by atoms with Gasteiger partial charge in [-0.3, -0.25) is 9.59 Å². The SMILES string of the molecule is O=C(Nc1ccccc1C(=O)NC1CC1)c1ccco1. The molecule has 0 atom stereocenters. The molecule has 0 unspecified atom stereocenters. The third-order valence-corrected chi connectivity index (χ3v) is 3.08. The Balaban J connectivity index is 1.78. The Hall–Kier alpha value is -2.56. The van der Waals surface area contributed by atoms with Crippen LogP contribution in [0.25, 0.3) is 0 Å². The lowest BCUT2D eigenvalue weighted by Gasteiger charge is -2.10. The van der Waals surface area contributed by atoms with Crippen molar-refractivity contribution in [1.29, 1.82) is 0 Å². The van der Waals surface area contributed by atoms with Crippen molar-refractivity contribution in [3.8, 4) is 0 Å². The molecule has 20 heavy (non-hydrogen) atoms. The minimum absolute atomic E-state index is 0.164. The molecule has 2 N–H and O–H groups in total. The molecule has 1 aromatic heterocycles. The molecule has 5 heteroatoms. The van der Waals surface area contributed by atoms with E-state index in [1.807, 2.05) is 0 Å². The maximum absolute atomic E-state index is 12.1. The van der Waals surface area contributed by atoms with Crippen molar-refractivity contribution in [2.45, 2.75) is 18.9 Å². The molecule has 0 aliphatic heterocycles. The van der Waals surface area contributed by atoms with E-state index in [2.05, 4.69) is 10.6 Å². The fourth-order valence-electron chi connectivity index (χ4n) is 1.87. The maximum atomic E-state index is 12.1. The first-order chi connectivity index (χ1) is 9.74. The second-order valence-corrected chi connectivity index (χ2v) is 4.72. The van der Waals surface area contributed by atoms with Crippen LogP contribution in [0.5, 0.6) is 0 Å². The number of nitrogens with one attached hydrogen (secondary N) is 2. The monoisotopic (exact) mass is 270 g/mol. The van der Waals surface area contributed by atoms with Crippen molar-refractivity contribution < 1.29 is 14.0 Å². The summed E-state index contributed by atoms with van der Waals surface area (Å²) in [4.78, 5) is 24.0. The molecule has 0 saturated heterocycles. The first-order valence-electron chi connectivity index (χ1n) is 6.49. The molecule has 1 aliphatic carbocycles. The summed E-state index contributed by atoms with van der Waals surface area (Å²) in [6, 6.07) is 10.4. The van der Waals surface area contributed by atoms with E-state index in [1.165, 1.54) is 6.26 Å². The maximum Gasteiger partial charge on any atom is 0.291 e. The summed E-state index contributed by atoms with van der Waals surface area (Å²) in [7, 11) is 0. The van der Waals surface area contributed by atoms with Crippen LogP contribution in [0.4, 0.5) is 5.69 Å². The number of furan rings is 1. The predicted molar refractivity (Wildman–Crippen MR) is 73.6 cm³/mol. The average Bonchev–Trinajstić information content (AvgIpc) is 3.08. The largest absolute Gasteiger partial charge is 0.459 e. The summed E-state index contributed by atoms with van der Waals surface area (Å²) < 4.78 is 5.03. The van der Waals surface area contributed by atoms with Crippen molar-refractivity contribution in [3.05, 3.63) is 54.0 Å². The van der Waals surface area contributed by atoms with E-state index in [0.717, 1.165) is 12.8 Å². The van der Waals surface area contributed by atoms with Crippen molar-refractivity contribution in [3.63, 3.8) is 0 Å². The third-order valence-electron chi connectivity index (χ3n) is 3.08. The highest BCUT2D eigenvalue weighted by molar-refractivity contribution is 6.07. The van der Waals surface area contributed by atoms with E-state index < -0.39 is 0 Å². The van der Waals surface area contributed by atoms with Crippen LogP contribution in [0.15, 0.2) is 47.1 Å². The van der Waals surface area contributed by atoms with Gasteiger partial charge in [-0.05, 0) is 37.1 Å². The summed E-state index contributed by atoms with van der Waals surface area (Å²) in [6.45, 7) is 0. The van der Waals surface area contributed by atoms with E-state index in [1.54, 1.807) is 36.4 Å². The molecule has 102 valence electrons. The van der Waals surface area contributed by atoms with Crippen molar-refractivity contribution in [2.75, 3.05) is 5.32 Å². The number of hydrogen-bond acceptors (Lipinski definition) is 3. The van der Waals surface area contributed by atoms with Crippen LogP contribution >= 0.6 is 0 Å². The molecule has 5 nitrogen and oxygen atoms in total. The molecule has 1 saturated carbocycles. The van der Waals surface area contributed by atoms with Crippen LogP contribution in [-0.2, 0) is 0 Å². The second kappa shape index (κ2) is 5.21. The van der Waals surface area contributed by atoms with Gasteiger partial charge in [0.05, 0.1) is 17.5 Å². The Labute approximate surface area is 116 Å². The standard InChI is InChI=1S/C15H14N2O3/c18-14(16-10-7-8-10)11-4-1-2-5-12(11)17-15(19)13-6-3-9-20-13/h1-6,9-10H,7-8H2,(H,16,18)(H,17,19). The quantitative estimate of drug-likeness (QED) is 0.896. The zero-order valence-corrected chi connectivity index (χ0v) is 10.8. The summed E-state index contributed by atoms with van der Waals surface area (Å²) in [6.07, 6.45) is 3.47. The highest BCUT2D eigenvalue weighted by Gasteiger charge is 2.25. The van der Waals surface area contributed by atoms with Gasteiger partial charge in [0.15, 0.2) is 5.76 Å². The zero-order valence-electron chi connectivity index (χ0n) is 10.8. The van der Waals surface area contributed by atoms with E-state index in [9.17, 15) is 9.59 Å². The lowest BCUT2D eigenvalue weighted by atomic mass is 10.1. The Bertz CT molecular complexity index is 630. The van der Waals surface area contributed by atoms with Crippen LogP contribution in [0.2, 0.25) is 0 Å². The molecule has 0 spiro atoms. The van der Waals surface area contributed by atoms with Gasteiger partial charge in [0.25, 0.3) is 11.8 Å². The molecule has 0 radical (unpaired) electrons. The van der Waals surface area contributed by atoms with Gasteiger partial charge < -0.3 is 15.1 Å². The van der Waals surface area contributed by atoms with Crippen LogP contribution in [0, 0.1) is 0 Å². The number of para-hydroxylation sites is 1. The Morgan fingerprint density at radius 3 is 2.55 bits per heavy atom. The normalized spacial score (nSPS) is 13.8. The van der Waals surface area contributed by atoms with Gasteiger partial charge in [-0.2, -0.15) is 0 Å². The highest BCUT2D eigenvalue weighted by atomic mass is 16.3. The number of carbonyl (C=O) groups is 2. The number of rotatable bonds is 4. The lowest BCUT2D eigenvalue weighted by molar-refractivity contribution is 0.0952. The van der Waals surface area contributed by atoms with Gasteiger partial charge in [0.2, 0.25) is 0 Å². The molecule has 3 rings (SSSR count). The van der Waals surface area contributed by atoms with Gasteiger partial charge in [-0.25, -0.2) is 0 Å². The van der Waals surface area contributed by atoms with E-state index in [4.69, 9.17) is 4.42 Å². The van der Waals surface area contributed by atoms with E-state index >= 15 is 0 Å². The van der Waals surface area contributed by atoms with Crippen LogP contribution in [0.1, 0.15) is 33.8 Å². The number of hydrogen-bond donors (Lipinski definition) is 2. The van der Waals surface area contributed by atoms with Crippen molar-refractivity contribution in [2.24, 2.45) is 0 Å². The van der Waals surface area contributed by atoms with Gasteiger partial charge >= 0.3 is 0 Å². The molecule has 0 bridgehead atoms. The van der Waals surface area contributed by atoms with Gasteiger partial charge in [-0.1, -0.05) is 12.1 Å². The smallest absolute Gasteiger partial charge is 0.291 e. The minimum Gasteiger partial charge on any atom is -0.459 e. The summed E-state index contributed by atoms with van der Waals surface area (Å²) in [5, 5.41) is 5.60. The summed E-state index contributed by atoms with van der Waals surface area (Å²) in [5.41, 5.74) is 0.936. The van der Waals surface area contributed by atoms with Crippen molar-refractivity contribution >= 4 is 17.5 Å². The molecule has 1 aromatic carbocycles. The Kier molecular flexibility index (Phi) is 3.25. The molecule has 2 aromatic rings. The molecule has 2 amide bonds. The number of amides is 2. The van der Waals surface area contributed by atoms with Gasteiger partial charge in [0, 0.05) is 6.04 Å². The number of carbonyl (C=O) groups excluding carboxylic acids is 2. The lowest BCUT2D eigenvalue weighted by Crippen LogP contribution is -2.26. The summed E-state index contributed by atoms with van der Waals surface area (Å²) in [5.74, 6) is -0.327. The predicted octanol–water partition coefficient (Wildman–Crippen LogP) is 2.42. The molecule has 1 fully saturated rings. The fourth-order valence-corrected chi connectivity index (χ4v) is 1.87. The van der Waals surface area contributed by atoms with Crippen molar-refractivity contribution in [1.82, 2.24) is 5.32 Å². The van der Waals surface area contributed by atoms with E-state index in [-0.39, 0.29) is 23.6 Å². The summed E-state index contributed by atoms with van der Waals surface area (Å²) >= 11 is 0. The average molecular weight is 270 g/mol. The van der Waals surface area contributed by atoms with Gasteiger partial charge in [-0.15, -0.1) is 0 Å². The van der Waals surface area contributed by atoms with E-state index in [0.29, 0.717) is 11.3 Å². The fraction of sp³-hybridized carbons (Fsp3) is 0.200. The highest BCUT2D eigenvalue weighted by Crippen LogP contribution is 2.22. The third kappa shape index (κ3) is 2.71. The molecular formula is C15H14N2O3. The zero-order chi connectivity index (χ0) is 13.9. The number of benzene rings is 1. The Morgan fingerprint density at radius 1 is 1.05 bits per heavy atom. The minimum atomic E-state index is -0.373. The topological polar surface area (TPSA) is 71.3 Å².